The van der Waals surface area contributed by atoms with Crippen molar-refractivity contribution >= 4 is 0 Å². The topological polar surface area (TPSA) is 58.5 Å². The van der Waals surface area contributed by atoms with Gasteiger partial charge in [0.1, 0.15) is 0 Å². The van der Waals surface area contributed by atoms with Crippen LogP contribution in [0, 0.1) is 0 Å². The van der Waals surface area contributed by atoms with Gasteiger partial charge in [-0.2, -0.15) is 0 Å². The van der Waals surface area contributed by atoms with E-state index in [-0.39, 0.29) is 0 Å². The maximum Gasteiger partial charge on any atom is 0.0948 e. The van der Waals surface area contributed by atoms with Gasteiger partial charge in [-0.25, -0.2) is 9.97 Å². The minimum absolute atomic E-state index is 0.452. The molecule has 19 heavy (non-hydrogen) atoms. The van der Waals surface area contributed by atoms with Gasteiger partial charge < -0.3 is 14.9 Å². The third-order valence-electron chi connectivity index (χ3n) is 3.89. The van der Waals surface area contributed by atoms with Crippen molar-refractivity contribution in [1.29, 1.82) is 0 Å². The first-order valence-electron chi connectivity index (χ1n) is 7.06. The average Bonchev–Trinajstić information content (AvgIpc) is 3.08. The fraction of sp³-hybridized carbons (Fsp3) is 0.571. The summed E-state index contributed by atoms with van der Waals surface area (Å²) in [7, 11) is 0. The zero-order valence-corrected chi connectivity index (χ0v) is 11.3. The van der Waals surface area contributed by atoms with E-state index in [0.29, 0.717) is 12.1 Å². The second-order valence-electron chi connectivity index (χ2n) is 5.39. The van der Waals surface area contributed by atoms with Gasteiger partial charge in [0, 0.05) is 43.1 Å². The van der Waals surface area contributed by atoms with Gasteiger partial charge in [-0.15, -0.1) is 0 Å². The standard InChI is InChI=1S/C14H21N5/c1-11-3-2-4-13(18-11)14-8-16-10-19(14)6-5-12-7-15-9-17-12/h7-11,13,18H,2-6H2,1H3,(H,15,17). The van der Waals surface area contributed by atoms with E-state index in [9.17, 15) is 0 Å². The van der Waals surface area contributed by atoms with E-state index in [1.54, 1.807) is 6.33 Å². The number of hydrogen-bond donors (Lipinski definition) is 2. The molecule has 3 heterocycles. The molecule has 0 bridgehead atoms. The summed E-state index contributed by atoms with van der Waals surface area (Å²) in [6.45, 7) is 3.21. The molecule has 5 heteroatoms. The molecule has 1 fully saturated rings. The lowest BCUT2D eigenvalue weighted by Gasteiger charge is -2.29. The number of aromatic nitrogens is 4. The molecule has 2 N–H and O–H groups in total. The first kappa shape index (κ1) is 12.4. The largest absolute Gasteiger partial charge is 0.348 e. The van der Waals surface area contributed by atoms with Gasteiger partial charge >= 0.3 is 0 Å². The van der Waals surface area contributed by atoms with Crippen LogP contribution < -0.4 is 5.32 Å². The molecule has 0 aromatic carbocycles. The van der Waals surface area contributed by atoms with Gasteiger partial charge in [-0.05, 0) is 26.2 Å². The highest BCUT2D eigenvalue weighted by molar-refractivity contribution is 5.08. The minimum atomic E-state index is 0.452. The van der Waals surface area contributed by atoms with Crippen molar-refractivity contribution in [3.8, 4) is 0 Å². The Morgan fingerprint density at radius 1 is 1.32 bits per heavy atom. The van der Waals surface area contributed by atoms with Crippen LogP contribution in [0.4, 0.5) is 0 Å². The highest BCUT2D eigenvalue weighted by atomic mass is 15.1. The number of piperidine rings is 1. The second-order valence-corrected chi connectivity index (χ2v) is 5.39. The Kier molecular flexibility index (Phi) is 3.64. The number of nitrogens with zero attached hydrogens (tertiary/aromatic N) is 3. The molecule has 102 valence electrons. The monoisotopic (exact) mass is 259 g/mol. The summed E-state index contributed by atoms with van der Waals surface area (Å²) in [6.07, 6.45) is 12.3. The summed E-state index contributed by atoms with van der Waals surface area (Å²) in [5, 5.41) is 3.67. The van der Waals surface area contributed by atoms with Crippen molar-refractivity contribution < 1.29 is 0 Å². The molecular weight excluding hydrogens is 238 g/mol. The summed E-state index contributed by atoms with van der Waals surface area (Å²) < 4.78 is 2.26. The van der Waals surface area contributed by atoms with Crippen molar-refractivity contribution in [3.63, 3.8) is 0 Å². The zero-order valence-electron chi connectivity index (χ0n) is 11.3. The number of H-pyrrole nitrogens is 1. The number of imidazole rings is 2. The molecule has 3 rings (SSSR count). The van der Waals surface area contributed by atoms with Crippen LogP contribution >= 0.6 is 0 Å². The van der Waals surface area contributed by atoms with Gasteiger partial charge in [-0.3, -0.25) is 0 Å². The molecule has 2 unspecified atom stereocenters. The van der Waals surface area contributed by atoms with Crippen molar-refractivity contribution in [3.05, 3.63) is 36.4 Å². The lowest BCUT2D eigenvalue weighted by Crippen LogP contribution is -2.35. The maximum atomic E-state index is 4.32. The van der Waals surface area contributed by atoms with Crippen LogP contribution in [0.25, 0.3) is 0 Å². The van der Waals surface area contributed by atoms with E-state index >= 15 is 0 Å². The molecule has 0 aliphatic carbocycles. The highest BCUT2D eigenvalue weighted by Crippen LogP contribution is 2.25. The molecule has 0 amide bonds. The van der Waals surface area contributed by atoms with Crippen LogP contribution in [0.2, 0.25) is 0 Å². The van der Waals surface area contributed by atoms with Gasteiger partial charge in [0.15, 0.2) is 0 Å². The Hall–Kier alpha value is -1.62. The van der Waals surface area contributed by atoms with Gasteiger partial charge in [0.2, 0.25) is 0 Å². The summed E-state index contributed by atoms with van der Waals surface area (Å²) >= 11 is 0. The fourth-order valence-corrected chi connectivity index (χ4v) is 2.84. The van der Waals surface area contributed by atoms with E-state index in [1.807, 2.05) is 18.7 Å². The van der Waals surface area contributed by atoms with Crippen LogP contribution in [0.15, 0.2) is 25.0 Å². The van der Waals surface area contributed by atoms with E-state index < -0.39 is 0 Å². The molecule has 1 aliphatic heterocycles. The molecule has 1 aliphatic rings. The summed E-state index contributed by atoms with van der Waals surface area (Å²) in [5.74, 6) is 0. The van der Waals surface area contributed by atoms with Crippen LogP contribution in [-0.2, 0) is 13.0 Å². The van der Waals surface area contributed by atoms with E-state index in [1.165, 1.54) is 30.7 Å². The molecule has 1 saturated heterocycles. The lowest BCUT2D eigenvalue weighted by atomic mass is 9.97. The van der Waals surface area contributed by atoms with Crippen molar-refractivity contribution in [2.24, 2.45) is 0 Å². The third kappa shape index (κ3) is 2.87. The SMILES string of the molecule is CC1CCCC(c2cncn2CCc2cnc[nH]2)N1. The number of aromatic amines is 1. The van der Waals surface area contributed by atoms with Gasteiger partial charge in [0.05, 0.1) is 18.3 Å². The summed E-state index contributed by atoms with van der Waals surface area (Å²) in [5.41, 5.74) is 2.48. The van der Waals surface area contributed by atoms with Crippen LogP contribution in [-0.4, -0.2) is 25.6 Å². The molecule has 0 saturated carbocycles. The molecule has 5 nitrogen and oxygen atoms in total. The number of nitrogens with one attached hydrogen (secondary N) is 2. The lowest BCUT2D eigenvalue weighted by molar-refractivity contribution is 0.329. The van der Waals surface area contributed by atoms with Crippen LogP contribution in [0.3, 0.4) is 0 Å². The van der Waals surface area contributed by atoms with Gasteiger partial charge in [0.25, 0.3) is 0 Å². The Morgan fingerprint density at radius 2 is 2.26 bits per heavy atom. The number of aryl methyl sites for hydroxylation is 2. The predicted octanol–water partition coefficient (Wildman–Crippen LogP) is 2.05. The van der Waals surface area contributed by atoms with Crippen molar-refractivity contribution in [2.45, 2.75) is 51.2 Å². The first-order valence-corrected chi connectivity index (χ1v) is 7.06. The minimum Gasteiger partial charge on any atom is -0.348 e. The average molecular weight is 259 g/mol. The zero-order chi connectivity index (χ0) is 13.1. The smallest absolute Gasteiger partial charge is 0.0948 e. The fourth-order valence-electron chi connectivity index (χ4n) is 2.84. The molecule has 2 aromatic rings. The Bertz CT molecular complexity index is 502. The normalized spacial score (nSPS) is 23.6. The predicted molar refractivity (Wildman–Crippen MR) is 73.7 cm³/mol. The molecule has 0 radical (unpaired) electrons. The second kappa shape index (κ2) is 5.57. The Labute approximate surface area is 113 Å². The van der Waals surface area contributed by atoms with Crippen molar-refractivity contribution in [1.82, 2.24) is 24.8 Å². The Balaban J connectivity index is 1.67. The van der Waals surface area contributed by atoms with Crippen LogP contribution in [0.5, 0.6) is 0 Å². The van der Waals surface area contributed by atoms with Crippen LogP contribution in [0.1, 0.15) is 43.6 Å². The summed E-state index contributed by atoms with van der Waals surface area (Å²) in [4.78, 5) is 11.5. The molecule has 2 aromatic heterocycles. The van der Waals surface area contributed by atoms with Crippen molar-refractivity contribution in [2.75, 3.05) is 0 Å². The molecular formula is C14H21N5. The molecule has 0 spiro atoms. The first-order chi connectivity index (χ1) is 9.33. The summed E-state index contributed by atoms with van der Waals surface area (Å²) in [6, 6.07) is 1.06. The Morgan fingerprint density at radius 3 is 3.05 bits per heavy atom. The number of rotatable bonds is 4. The number of hydrogen-bond acceptors (Lipinski definition) is 3. The highest BCUT2D eigenvalue weighted by Gasteiger charge is 2.21. The maximum absolute atomic E-state index is 4.32. The van der Waals surface area contributed by atoms with E-state index in [0.717, 1.165) is 13.0 Å². The van der Waals surface area contributed by atoms with Gasteiger partial charge in [-0.1, -0.05) is 0 Å². The quantitative estimate of drug-likeness (QED) is 0.883. The van der Waals surface area contributed by atoms with E-state index in [2.05, 4.69) is 31.8 Å². The van der Waals surface area contributed by atoms with E-state index in [4.69, 9.17) is 0 Å². The molecule has 2 atom stereocenters. The third-order valence-corrected chi connectivity index (χ3v) is 3.89.